The van der Waals surface area contributed by atoms with Crippen molar-refractivity contribution in [2.24, 2.45) is 0 Å². The van der Waals surface area contributed by atoms with Crippen LogP contribution in [0.5, 0.6) is 0 Å². The van der Waals surface area contributed by atoms with Crippen molar-refractivity contribution in [3.63, 3.8) is 0 Å². The second-order valence-electron chi connectivity index (χ2n) is 4.06. The van der Waals surface area contributed by atoms with Crippen molar-refractivity contribution in [1.82, 2.24) is 0 Å². The zero-order valence-corrected chi connectivity index (χ0v) is 10.1. The Labute approximate surface area is 107 Å². The highest BCUT2D eigenvalue weighted by Crippen LogP contribution is 2.21. The number of hydrogen-bond donors (Lipinski definition) is 1. The van der Waals surface area contributed by atoms with Crippen LogP contribution in [-0.2, 0) is 6.42 Å². The Morgan fingerprint density at radius 2 is 1.83 bits per heavy atom. The van der Waals surface area contributed by atoms with Crippen molar-refractivity contribution in [1.29, 1.82) is 0 Å². The van der Waals surface area contributed by atoms with Gasteiger partial charge in [0.2, 0.25) is 0 Å². The average Bonchev–Trinajstić information content (AvgIpc) is 2.41. The number of nitrogen functional groups attached to an aromatic ring is 1. The number of benzene rings is 2. The molecule has 2 N–H and O–H groups in total. The van der Waals surface area contributed by atoms with Gasteiger partial charge in [-0.2, -0.15) is 0 Å². The minimum absolute atomic E-state index is 0.000231. The normalized spacial score (nSPS) is 10.0. The van der Waals surface area contributed by atoms with Crippen LogP contribution < -0.4 is 5.73 Å². The van der Waals surface area contributed by atoms with Crippen LogP contribution in [0.4, 0.5) is 5.69 Å². The first-order valence-electron chi connectivity index (χ1n) is 5.82. The van der Waals surface area contributed by atoms with E-state index in [1.807, 2.05) is 36.4 Å². The Morgan fingerprint density at radius 1 is 1.11 bits per heavy atom. The van der Waals surface area contributed by atoms with Crippen LogP contribution >= 0.6 is 0 Å². The van der Waals surface area contributed by atoms with Crippen LogP contribution in [0.25, 0.3) is 0 Å². The molecule has 2 heteroatoms. The lowest BCUT2D eigenvalue weighted by Gasteiger charge is -2.09. The third kappa shape index (κ3) is 2.33. The van der Waals surface area contributed by atoms with Gasteiger partial charge in [-0.15, -0.1) is 6.58 Å². The summed E-state index contributed by atoms with van der Waals surface area (Å²) >= 11 is 0. The molecule has 2 rings (SSSR count). The number of carbonyl (C=O) groups excluding carboxylic acids is 1. The molecule has 0 atom stereocenters. The smallest absolute Gasteiger partial charge is 0.193 e. The monoisotopic (exact) mass is 237 g/mol. The van der Waals surface area contributed by atoms with Crippen LogP contribution in [0.2, 0.25) is 0 Å². The topological polar surface area (TPSA) is 43.1 Å². The first-order valence-corrected chi connectivity index (χ1v) is 5.82. The number of ketones is 1. The van der Waals surface area contributed by atoms with E-state index in [4.69, 9.17) is 5.73 Å². The van der Waals surface area contributed by atoms with E-state index in [0.717, 1.165) is 5.56 Å². The average molecular weight is 237 g/mol. The van der Waals surface area contributed by atoms with Crippen LogP contribution in [0, 0.1) is 0 Å². The maximum Gasteiger partial charge on any atom is 0.193 e. The van der Waals surface area contributed by atoms with E-state index in [1.165, 1.54) is 0 Å². The maximum atomic E-state index is 12.4. The lowest BCUT2D eigenvalue weighted by Crippen LogP contribution is -2.07. The fourth-order valence-electron chi connectivity index (χ4n) is 1.93. The van der Waals surface area contributed by atoms with Crippen molar-refractivity contribution < 1.29 is 4.79 Å². The molecule has 0 radical (unpaired) electrons. The second-order valence-corrected chi connectivity index (χ2v) is 4.06. The highest BCUT2D eigenvalue weighted by atomic mass is 16.1. The van der Waals surface area contributed by atoms with Gasteiger partial charge in [0, 0.05) is 16.8 Å². The summed E-state index contributed by atoms with van der Waals surface area (Å²) < 4.78 is 0. The number of hydrogen-bond acceptors (Lipinski definition) is 2. The number of rotatable bonds is 4. The molecule has 0 saturated heterocycles. The van der Waals surface area contributed by atoms with Gasteiger partial charge in [-0.3, -0.25) is 4.79 Å². The summed E-state index contributed by atoms with van der Waals surface area (Å²) in [5.41, 5.74) is 8.74. The van der Waals surface area contributed by atoms with Gasteiger partial charge in [0.25, 0.3) is 0 Å². The van der Waals surface area contributed by atoms with E-state index < -0.39 is 0 Å². The first kappa shape index (κ1) is 12.1. The maximum absolute atomic E-state index is 12.4. The third-order valence-electron chi connectivity index (χ3n) is 2.84. The molecule has 0 heterocycles. The molecule has 0 aliphatic rings. The molecule has 0 spiro atoms. The predicted molar refractivity (Wildman–Crippen MR) is 74.6 cm³/mol. The zero-order chi connectivity index (χ0) is 13.0. The van der Waals surface area contributed by atoms with E-state index in [2.05, 4.69) is 6.58 Å². The van der Waals surface area contributed by atoms with Gasteiger partial charge in [-0.1, -0.05) is 48.5 Å². The van der Waals surface area contributed by atoms with Gasteiger partial charge in [-0.25, -0.2) is 0 Å². The molecule has 0 bridgehead atoms. The van der Waals surface area contributed by atoms with Crippen molar-refractivity contribution in [2.75, 3.05) is 5.73 Å². The van der Waals surface area contributed by atoms with Crippen molar-refractivity contribution >= 4 is 11.5 Å². The summed E-state index contributed by atoms with van der Waals surface area (Å²) in [4.78, 5) is 12.4. The van der Waals surface area contributed by atoms with Gasteiger partial charge in [-0.05, 0) is 18.1 Å². The largest absolute Gasteiger partial charge is 0.398 e. The van der Waals surface area contributed by atoms with E-state index in [0.29, 0.717) is 23.2 Å². The fraction of sp³-hybridized carbons (Fsp3) is 0.0625. The number of carbonyl (C=O) groups is 1. The molecule has 2 nitrogen and oxygen atoms in total. The summed E-state index contributed by atoms with van der Waals surface area (Å²) in [6.07, 6.45) is 2.36. The minimum atomic E-state index is -0.000231. The molecular formula is C16H15NO. The second kappa shape index (κ2) is 5.32. The molecule has 90 valence electrons. The van der Waals surface area contributed by atoms with Gasteiger partial charge in [0.1, 0.15) is 0 Å². The zero-order valence-electron chi connectivity index (χ0n) is 10.1. The molecule has 2 aromatic rings. The lowest BCUT2D eigenvalue weighted by molar-refractivity contribution is 0.103. The molecule has 0 aliphatic heterocycles. The molecule has 0 aromatic heterocycles. The molecule has 0 fully saturated rings. The molecule has 2 aromatic carbocycles. The SMILES string of the molecule is C=CCc1c(N)cccc1C(=O)c1ccccc1. The molecule has 0 unspecified atom stereocenters. The van der Waals surface area contributed by atoms with Crippen molar-refractivity contribution in [3.8, 4) is 0 Å². The van der Waals surface area contributed by atoms with Crippen LogP contribution in [-0.4, -0.2) is 5.78 Å². The van der Waals surface area contributed by atoms with E-state index in [-0.39, 0.29) is 5.78 Å². The van der Waals surface area contributed by atoms with Crippen LogP contribution in [0.3, 0.4) is 0 Å². The fourth-order valence-corrected chi connectivity index (χ4v) is 1.93. The Balaban J connectivity index is 2.48. The van der Waals surface area contributed by atoms with Gasteiger partial charge < -0.3 is 5.73 Å². The molecule has 18 heavy (non-hydrogen) atoms. The van der Waals surface area contributed by atoms with Gasteiger partial charge >= 0.3 is 0 Å². The summed E-state index contributed by atoms with van der Waals surface area (Å²) in [5, 5.41) is 0. The van der Waals surface area contributed by atoms with E-state index >= 15 is 0 Å². The van der Waals surface area contributed by atoms with Crippen LogP contribution in [0.1, 0.15) is 21.5 Å². The predicted octanol–water partition coefficient (Wildman–Crippen LogP) is 3.23. The number of anilines is 1. The van der Waals surface area contributed by atoms with E-state index in [1.54, 1.807) is 18.2 Å². The Morgan fingerprint density at radius 3 is 2.50 bits per heavy atom. The molecule has 0 saturated carbocycles. The minimum Gasteiger partial charge on any atom is -0.398 e. The third-order valence-corrected chi connectivity index (χ3v) is 2.84. The lowest BCUT2D eigenvalue weighted by atomic mass is 9.95. The highest BCUT2D eigenvalue weighted by molar-refractivity contribution is 6.10. The van der Waals surface area contributed by atoms with Gasteiger partial charge in [0.15, 0.2) is 5.78 Å². The summed E-state index contributed by atoms with van der Waals surface area (Å²) in [6.45, 7) is 3.70. The Bertz CT molecular complexity index is 573. The summed E-state index contributed by atoms with van der Waals surface area (Å²) in [5.74, 6) is -0.000231. The quantitative estimate of drug-likeness (QED) is 0.504. The van der Waals surface area contributed by atoms with Gasteiger partial charge in [0.05, 0.1) is 0 Å². The first-order chi connectivity index (χ1) is 8.74. The standard InChI is InChI=1S/C16H15NO/c1-2-7-13-14(10-6-11-15(13)17)16(18)12-8-4-3-5-9-12/h2-6,8-11H,1,7,17H2. The number of allylic oxidation sites excluding steroid dienone is 1. The van der Waals surface area contributed by atoms with E-state index in [9.17, 15) is 4.79 Å². The molecule has 0 amide bonds. The Kier molecular flexibility index (Phi) is 3.58. The molecule has 0 aliphatic carbocycles. The Hall–Kier alpha value is -2.35. The van der Waals surface area contributed by atoms with Crippen molar-refractivity contribution in [3.05, 3.63) is 77.9 Å². The highest BCUT2D eigenvalue weighted by Gasteiger charge is 2.14. The summed E-state index contributed by atoms with van der Waals surface area (Å²) in [6, 6.07) is 14.6. The van der Waals surface area contributed by atoms with Crippen molar-refractivity contribution in [2.45, 2.75) is 6.42 Å². The number of nitrogens with two attached hydrogens (primary N) is 1. The molecular weight excluding hydrogens is 222 g/mol. The summed E-state index contributed by atoms with van der Waals surface area (Å²) in [7, 11) is 0. The van der Waals surface area contributed by atoms with Crippen LogP contribution in [0.15, 0.2) is 61.2 Å².